The van der Waals surface area contributed by atoms with Gasteiger partial charge in [-0.05, 0) is 55.2 Å². The van der Waals surface area contributed by atoms with Crippen molar-refractivity contribution in [3.05, 3.63) is 59.1 Å². The molecule has 216 valence electrons. The maximum atomic E-state index is 13.2. The maximum absolute atomic E-state index is 13.2. The molecule has 2 aromatic carbocycles. The first-order valence-corrected chi connectivity index (χ1v) is 13.7. The molecular formula is C29H37ClN4O6. The number of fused-ring (bicyclic) bond motifs is 1. The van der Waals surface area contributed by atoms with E-state index in [0.29, 0.717) is 22.9 Å². The number of nitrogens with zero attached hydrogens (tertiary/aromatic N) is 1. The Morgan fingerprint density at radius 3 is 2.58 bits per heavy atom. The Morgan fingerprint density at radius 1 is 1.12 bits per heavy atom. The second-order valence-electron chi connectivity index (χ2n) is 10.0. The maximum Gasteiger partial charge on any atom is 0.255 e. The third-order valence-corrected chi connectivity index (χ3v) is 6.55. The molecule has 0 saturated heterocycles. The van der Waals surface area contributed by atoms with E-state index in [-0.39, 0.29) is 62.4 Å². The number of benzene rings is 2. The van der Waals surface area contributed by atoms with Crippen LogP contribution >= 0.6 is 11.6 Å². The number of hydrogen-bond donors (Lipinski definition) is 3. The molecule has 0 fully saturated rings. The van der Waals surface area contributed by atoms with Gasteiger partial charge in [-0.3, -0.25) is 19.2 Å². The zero-order valence-electron chi connectivity index (χ0n) is 23.1. The zero-order valence-corrected chi connectivity index (χ0v) is 23.8. The highest BCUT2D eigenvalue weighted by Crippen LogP contribution is 2.19. The van der Waals surface area contributed by atoms with E-state index in [9.17, 15) is 19.2 Å². The highest BCUT2D eigenvalue weighted by atomic mass is 35.5. The third kappa shape index (κ3) is 9.44. The summed E-state index contributed by atoms with van der Waals surface area (Å²) in [7, 11) is 1.65. The first-order chi connectivity index (χ1) is 19.1. The van der Waals surface area contributed by atoms with Gasteiger partial charge in [0.1, 0.15) is 36.8 Å². The van der Waals surface area contributed by atoms with Crippen LogP contribution < -0.4 is 25.4 Å². The molecule has 0 aromatic heterocycles. The summed E-state index contributed by atoms with van der Waals surface area (Å²) < 4.78 is 11.5. The number of likely N-dealkylation sites (N-methyl/N-ethyl adjacent to an activating group) is 1. The number of ether oxygens (including phenoxy) is 2. The van der Waals surface area contributed by atoms with E-state index >= 15 is 0 Å². The van der Waals surface area contributed by atoms with E-state index in [4.69, 9.17) is 21.1 Å². The van der Waals surface area contributed by atoms with Crippen molar-refractivity contribution in [2.24, 2.45) is 5.92 Å². The minimum absolute atomic E-state index is 0.0307. The molecule has 40 heavy (non-hydrogen) atoms. The number of hydrogen-bond acceptors (Lipinski definition) is 6. The van der Waals surface area contributed by atoms with Gasteiger partial charge >= 0.3 is 0 Å². The molecule has 2 aromatic rings. The molecule has 2 atom stereocenters. The highest BCUT2D eigenvalue weighted by Gasteiger charge is 2.28. The van der Waals surface area contributed by atoms with Crippen molar-refractivity contribution in [1.29, 1.82) is 0 Å². The second-order valence-corrected chi connectivity index (χ2v) is 10.4. The molecule has 0 saturated carbocycles. The van der Waals surface area contributed by atoms with Crippen molar-refractivity contribution in [2.45, 2.75) is 45.2 Å². The van der Waals surface area contributed by atoms with Crippen LogP contribution in [-0.4, -0.2) is 74.0 Å². The molecule has 4 amide bonds. The molecule has 0 unspecified atom stereocenters. The fourth-order valence-electron chi connectivity index (χ4n) is 4.19. The lowest BCUT2D eigenvalue weighted by Crippen LogP contribution is -2.50. The monoisotopic (exact) mass is 572 g/mol. The number of halogens is 1. The van der Waals surface area contributed by atoms with Crippen LogP contribution in [0.3, 0.4) is 0 Å². The van der Waals surface area contributed by atoms with Crippen molar-refractivity contribution in [2.75, 3.05) is 33.4 Å². The van der Waals surface area contributed by atoms with Crippen molar-refractivity contribution in [1.82, 2.24) is 20.9 Å². The van der Waals surface area contributed by atoms with E-state index in [1.165, 1.54) is 4.90 Å². The Bertz CT molecular complexity index is 1170. The molecule has 0 bridgehead atoms. The van der Waals surface area contributed by atoms with Crippen LogP contribution in [0.2, 0.25) is 5.02 Å². The van der Waals surface area contributed by atoms with E-state index < -0.39 is 23.9 Å². The quantitative estimate of drug-likeness (QED) is 0.438. The molecule has 0 radical (unpaired) electrons. The summed E-state index contributed by atoms with van der Waals surface area (Å²) in [5.74, 6) is -0.469. The normalized spacial score (nSPS) is 18.9. The molecule has 0 aliphatic carbocycles. The minimum Gasteiger partial charge on any atom is -0.492 e. The lowest BCUT2D eigenvalue weighted by Gasteiger charge is -2.26. The Morgan fingerprint density at radius 2 is 1.85 bits per heavy atom. The first-order valence-electron chi connectivity index (χ1n) is 13.4. The van der Waals surface area contributed by atoms with Crippen molar-refractivity contribution in [3.63, 3.8) is 0 Å². The Labute approximate surface area is 239 Å². The van der Waals surface area contributed by atoms with Gasteiger partial charge in [-0.15, -0.1) is 0 Å². The zero-order chi connectivity index (χ0) is 29.1. The summed E-state index contributed by atoms with van der Waals surface area (Å²) in [6.45, 7) is 4.73. The number of rotatable bonds is 7. The molecule has 11 heteroatoms. The predicted octanol–water partition coefficient (Wildman–Crippen LogP) is 2.80. The molecule has 10 nitrogen and oxygen atoms in total. The van der Waals surface area contributed by atoms with Gasteiger partial charge in [-0.2, -0.15) is 0 Å². The Balaban J connectivity index is 1.74. The van der Waals surface area contributed by atoms with E-state index in [1.807, 2.05) is 13.8 Å². The van der Waals surface area contributed by atoms with Crippen LogP contribution in [0.15, 0.2) is 48.5 Å². The lowest BCUT2D eigenvalue weighted by molar-refractivity contribution is -0.136. The predicted molar refractivity (Wildman–Crippen MR) is 151 cm³/mol. The van der Waals surface area contributed by atoms with Gasteiger partial charge in [0.15, 0.2) is 0 Å². The molecule has 1 aliphatic rings. The summed E-state index contributed by atoms with van der Waals surface area (Å²) in [5, 5.41) is 8.90. The van der Waals surface area contributed by atoms with Gasteiger partial charge in [-0.1, -0.05) is 37.6 Å². The van der Waals surface area contributed by atoms with Crippen LogP contribution in [0, 0.1) is 5.92 Å². The van der Waals surface area contributed by atoms with Crippen molar-refractivity contribution in [3.8, 4) is 11.5 Å². The van der Waals surface area contributed by atoms with E-state index in [0.717, 1.165) is 0 Å². The molecular weight excluding hydrogens is 536 g/mol. The number of para-hydroxylation sites is 1. The van der Waals surface area contributed by atoms with Gasteiger partial charge < -0.3 is 30.3 Å². The van der Waals surface area contributed by atoms with Crippen molar-refractivity contribution < 1.29 is 28.7 Å². The smallest absolute Gasteiger partial charge is 0.255 e. The van der Waals surface area contributed by atoms with Crippen LogP contribution in [-0.2, 0) is 14.4 Å². The summed E-state index contributed by atoms with van der Waals surface area (Å²) in [6.07, 6.45) is 0.430. The SMILES string of the molecule is CC(C)C[C@H]1NC(=O)CC[C@@H](C(=O)NCCOc2ccc(Cl)cc2)NC(=O)c2ccccc2OCCN(C)C1=O. The van der Waals surface area contributed by atoms with Gasteiger partial charge in [0.05, 0.1) is 18.7 Å². The standard InChI is InChI=1S/C29H37ClN4O6/c1-19(2)18-24-29(38)34(3)15-17-40-25-7-5-4-6-22(25)27(36)33-23(12-13-26(35)32-24)28(37)31-14-16-39-21-10-8-20(30)9-11-21/h4-11,19,23-24H,12-18H2,1-3H3,(H,31,37)(H,32,35)(H,33,36)/t23-,24+/m0/s1. The van der Waals surface area contributed by atoms with Gasteiger partial charge in [0.25, 0.3) is 5.91 Å². The van der Waals surface area contributed by atoms with Gasteiger partial charge in [0, 0.05) is 18.5 Å². The molecule has 3 N–H and O–H groups in total. The Hall–Kier alpha value is -3.79. The van der Waals surface area contributed by atoms with Crippen molar-refractivity contribution >= 4 is 35.2 Å². The highest BCUT2D eigenvalue weighted by molar-refractivity contribution is 6.30. The fraction of sp³-hybridized carbons (Fsp3) is 0.448. The average molecular weight is 573 g/mol. The largest absolute Gasteiger partial charge is 0.492 e. The summed E-state index contributed by atoms with van der Waals surface area (Å²) in [5.41, 5.74) is 0.248. The van der Waals surface area contributed by atoms with E-state index in [1.54, 1.807) is 55.6 Å². The molecule has 1 heterocycles. The van der Waals surface area contributed by atoms with Crippen LogP contribution in [0.5, 0.6) is 11.5 Å². The lowest BCUT2D eigenvalue weighted by atomic mass is 10.0. The van der Waals surface area contributed by atoms with E-state index in [2.05, 4.69) is 16.0 Å². The summed E-state index contributed by atoms with van der Waals surface area (Å²) in [4.78, 5) is 53.8. The number of carbonyl (C=O) groups is 4. The second kappa shape index (κ2) is 15.1. The number of nitrogens with one attached hydrogen (secondary N) is 3. The Kier molecular flexibility index (Phi) is 11.6. The molecule has 3 rings (SSSR count). The minimum atomic E-state index is -1.01. The van der Waals surface area contributed by atoms with Crippen LogP contribution in [0.25, 0.3) is 0 Å². The van der Waals surface area contributed by atoms with Crippen LogP contribution in [0.4, 0.5) is 0 Å². The first kappa shape index (κ1) is 30.7. The number of carbonyl (C=O) groups excluding carboxylic acids is 4. The summed E-state index contributed by atoms with van der Waals surface area (Å²) >= 11 is 5.89. The van der Waals surface area contributed by atoms with Crippen LogP contribution in [0.1, 0.15) is 43.5 Å². The average Bonchev–Trinajstić information content (AvgIpc) is 2.93. The molecule has 1 aliphatic heterocycles. The summed E-state index contributed by atoms with van der Waals surface area (Å²) in [6, 6.07) is 11.8. The fourth-order valence-corrected chi connectivity index (χ4v) is 4.31. The third-order valence-electron chi connectivity index (χ3n) is 6.30. The van der Waals surface area contributed by atoms with Gasteiger partial charge in [0.2, 0.25) is 17.7 Å². The number of amides is 4. The van der Waals surface area contributed by atoms with Gasteiger partial charge in [-0.25, -0.2) is 0 Å². The molecule has 0 spiro atoms. The topological polar surface area (TPSA) is 126 Å².